The molecule has 0 unspecified atom stereocenters. The minimum atomic E-state index is -0.535. The van der Waals surface area contributed by atoms with Crippen LogP contribution in [0.5, 0.6) is 11.5 Å². The van der Waals surface area contributed by atoms with E-state index in [1.165, 1.54) is 0 Å². The first-order chi connectivity index (χ1) is 16.0. The van der Waals surface area contributed by atoms with Crippen LogP contribution in [0.1, 0.15) is 64.5 Å². The highest BCUT2D eigenvalue weighted by Gasteiger charge is 2.55. The maximum Gasteiger partial charge on any atom is 0.410 e. The van der Waals surface area contributed by atoms with Crippen molar-refractivity contribution >= 4 is 12.1 Å². The second-order valence-corrected chi connectivity index (χ2v) is 10.4. The molecule has 4 rings (SSSR count). The van der Waals surface area contributed by atoms with E-state index < -0.39 is 11.1 Å². The molecule has 3 amide bonds. The Balaban J connectivity index is 1.69. The van der Waals surface area contributed by atoms with Crippen molar-refractivity contribution < 1.29 is 23.8 Å². The molecule has 0 saturated carbocycles. The standard InChI is InChI=1S/C26H37N3O5/c1-8-29-23(30)28-16-18-14-19(32-6)15-20(33-7)22(18)17(2)13-21(28)26(29)9-11-27(12-10-26)24(31)34-25(3,4)5/h13-15,17H,8-12,16H2,1-7H3/t17-/m0/s1. The molecule has 186 valence electrons. The molecule has 0 bridgehead atoms. The van der Waals surface area contributed by atoms with Gasteiger partial charge in [0.25, 0.3) is 0 Å². The Hall–Kier alpha value is -2.90. The molecular formula is C26H37N3O5. The number of hydrogen-bond donors (Lipinski definition) is 0. The predicted octanol–water partition coefficient (Wildman–Crippen LogP) is 4.73. The maximum absolute atomic E-state index is 13.7. The fourth-order valence-corrected chi connectivity index (χ4v) is 5.65. The summed E-state index contributed by atoms with van der Waals surface area (Å²) >= 11 is 0. The lowest BCUT2D eigenvalue weighted by Gasteiger charge is -2.44. The number of carbonyl (C=O) groups is 2. The van der Waals surface area contributed by atoms with Crippen LogP contribution in [0.15, 0.2) is 23.9 Å². The van der Waals surface area contributed by atoms with Gasteiger partial charge in [0.1, 0.15) is 17.1 Å². The van der Waals surface area contributed by atoms with E-state index in [-0.39, 0.29) is 18.0 Å². The summed E-state index contributed by atoms with van der Waals surface area (Å²) in [6, 6.07) is 3.92. The van der Waals surface area contributed by atoms with Crippen molar-refractivity contribution in [2.45, 2.75) is 71.1 Å². The molecule has 8 heteroatoms. The van der Waals surface area contributed by atoms with Gasteiger partial charge in [-0.25, -0.2) is 9.59 Å². The molecule has 34 heavy (non-hydrogen) atoms. The number of likely N-dealkylation sites (N-methyl/N-ethyl adjacent to an activating group) is 1. The van der Waals surface area contributed by atoms with Crippen LogP contribution in [-0.4, -0.2) is 71.8 Å². The summed E-state index contributed by atoms with van der Waals surface area (Å²) in [6.45, 7) is 12.0. The number of amides is 3. The molecule has 0 aliphatic carbocycles. The van der Waals surface area contributed by atoms with Crippen molar-refractivity contribution in [3.8, 4) is 11.5 Å². The minimum Gasteiger partial charge on any atom is -0.497 e. The van der Waals surface area contributed by atoms with Crippen LogP contribution in [0.25, 0.3) is 0 Å². The van der Waals surface area contributed by atoms with E-state index in [4.69, 9.17) is 14.2 Å². The molecular weight excluding hydrogens is 434 g/mol. The number of ether oxygens (including phenoxy) is 3. The van der Waals surface area contributed by atoms with E-state index in [9.17, 15) is 9.59 Å². The van der Waals surface area contributed by atoms with Crippen LogP contribution in [0.2, 0.25) is 0 Å². The number of hydrogen-bond acceptors (Lipinski definition) is 5. The van der Waals surface area contributed by atoms with Gasteiger partial charge in [0.15, 0.2) is 0 Å². The lowest BCUT2D eigenvalue weighted by atomic mass is 9.82. The van der Waals surface area contributed by atoms with Crippen molar-refractivity contribution in [2.75, 3.05) is 33.9 Å². The Kier molecular flexibility index (Phi) is 6.21. The average molecular weight is 472 g/mol. The third-order valence-corrected chi connectivity index (χ3v) is 7.15. The Morgan fingerprint density at radius 1 is 1.15 bits per heavy atom. The second kappa shape index (κ2) is 8.71. The number of carbonyl (C=O) groups excluding carboxylic acids is 2. The maximum atomic E-state index is 13.7. The van der Waals surface area contributed by atoms with Gasteiger partial charge in [0.05, 0.1) is 26.3 Å². The van der Waals surface area contributed by atoms with Gasteiger partial charge >= 0.3 is 12.1 Å². The van der Waals surface area contributed by atoms with Gasteiger partial charge in [-0.05, 0) is 52.2 Å². The number of benzene rings is 1. The van der Waals surface area contributed by atoms with Crippen molar-refractivity contribution in [1.29, 1.82) is 0 Å². The summed E-state index contributed by atoms with van der Waals surface area (Å²) in [5.41, 5.74) is 2.18. The number of rotatable bonds is 3. The number of methoxy groups -OCH3 is 2. The monoisotopic (exact) mass is 471 g/mol. The van der Waals surface area contributed by atoms with Crippen LogP contribution >= 0.6 is 0 Å². The first-order valence-corrected chi connectivity index (χ1v) is 12.1. The van der Waals surface area contributed by atoms with E-state index in [1.54, 1.807) is 19.1 Å². The molecule has 1 aromatic rings. The third-order valence-electron chi connectivity index (χ3n) is 7.15. The lowest BCUT2D eigenvalue weighted by molar-refractivity contribution is 0.0113. The number of piperidine rings is 1. The van der Waals surface area contributed by atoms with Crippen LogP contribution in [0.3, 0.4) is 0 Å². The Labute approximate surface area is 202 Å². The Morgan fingerprint density at radius 3 is 2.38 bits per heavy atom. The molecule has 8 nitrogen and oxygen atoms in total. The predicted molar refractivity (Wildman–Crippen MR) is 129 cm³/mol. The highest BCUT2D eigenvalue weighted by molar-refractivity contribution is 5.83. The number of allylic oxidation sites excluding steroid dienone is 1. The van der Waals surface area contributed by atoms with Crippen LogP contribution in [-0.2, 0) is 11.3 Å². The molecule has 1 atom stereocenters. The van der Waals surface area contributed by atoms with Gasteiger partial charge in [0, 0.05) is 42.9 Å². The smallest absolute Gasteiger partial charge is 0.410 e. The topological polar surface area (TPSA) is 71.6 Å². The molecule has 3 aliphatic heterocycles. The van der Waals surface area contributed by atoms with Gasteiger partial charge in [-0.3, -0.25) is 4.90 Å². The van der Waals surface area contributed by atoms with E-state index in [0.29, 0.717) is 44.8 Å². The largest absolute Gasteiger partial charge is 0.497 e. The summed E-state index contributed by atoms with van der Waals surface area (Å²) in [5, 5.41) is 0. The first-order valence-electron chi connectivity index (χ1n) is 12.1. The normalized spacial score (nSPS) is 21.6. The second-order valence-electron chi connectivity index (χ2n) is 10.4. The van der Waals surface area contributed by atoms with E-state index in [2.05, 4.69) is 13.0 Å². The molecule has 0 N–H and O–H groups in total. The Morgan fingerprint density at radius 2 is 1.82 bits per heavy atom. The highest BCUT2D eigenvalue weighted by Crippen LogP contribution is 2.49. The number of urea groups is 1. The van der Waals surface area contributed by atoms with Crippen LogP contribution in [0, 0.1) is 0 Å². The van der Waals surface area contributed by atoms with Crippen molar-refractivity contribution in [1.82, 2.24) is 14.7 Å². The third kappa shape index (κ3) is 3.97. The minimum absolute atomic E-state index is 0.0151. The number of fused-ring (bicyclic) bond motifs is 3. The molecule has 1 aromatic carbocycles. The summed E-state index contributed by atoms with van der Waals surface area (Å²) < 4.78 is 16.8. The van der Waals surface area contributed by atoms with Crippen molar-refractivity contribution in [3.63, 3.8) is 0 Å². The highest BCUT2D eigenvalue weighted by atomic mass is 16.6. The van der Waals surface area contributed by atoms with Gasteiger partial charge < -0.3 is 24.0 Å². The summed E-state index contributed by atoms with van der Waals surface area (Å²) in [5.74, 6) is 1.54. The van der Waals surface area contributed by atoms with E-state index in [1.807, 2.05) is 49.6 Å². The Bertz CT molecular complexity index is 1000. The number of likely N-dealkylation sites (tertiary alicyclic amines) is 1. The molecule has 2 fully saturated rings. The van der Waals surface area contributed by atoms with Gasteiger partial charge in [-0.15, -0.1) is 0 Å². The fraction of sp³-hybridized carbons (Fsp3) is 0.615. The zero-order chi connectivity index (χ0) is 24.8. The summed E-state index contributed by atoms with van der Waals surface area (Å²) in [7, 11) is 3.30. The molecule has 1 spiro atoms. The van der Waals surface area contributed by atoms with Crippen molar-refractivity contribution in [3.05, 3.63) is 35.0 Å². The SMILES string of the molecule is CCN1C(=O)N2Cc3cc(OC)cc(OC)c3[C@@H](C)C=C2C12CCN(C(=O)OC(C)(C)C)CC2. The first kappa shape index (κ1) is 24.2. The zero-order valence-corrected chi connectivity index (χ0v) is 21.4. The summed E-state index contributed by atoms with van der Waals surface area (Å²) in [4.78, 5) is 32.0. The molecule has 2 saturated heterocycles. The van der Waals surface area contributed by atoms with Gasteiger partial charge in [-0.2, -0.15) is 0 Å². The molecule has 3 heterocycles. The van der Waals surface area contributed by atoms with Crippen LogP contribution in [0.4, 0.5) is 9.59 Å². The average Bonchev–Trinajstić information content (AvgIpc) is 2.89. The summed E-state index contributed by atoms with van der Waals surface area (Å²) in [6.07, 6.45) is 3.28. The quantitative estimate of drug-likeness (QED) is 0.637. The van der Waals surface area contributed by atoms with Gasteiger partial charge in [0.2, 0.25) is 0 Å². The van der Waals surface area contributed by atoms with E-state index in [0.717, 1.165) is 22.6 Å². The van der Waals surface area contributed by atoms with Crippen LogP contribution < -0.4 is 9.47 Å². The van der Waals surface area contributed by atoms with Gasteiger partial charge in [-0.1, -0.05) is 13.0 Å². The molecule has 0 aromatic heterocycles. The molecule has 0 radical (unpaired) electrons. The van der Waals surface area contributed by atoms with E-state index >= 15 is 0 Å². The molecule has 3 aliphatic rings. The fourth-order valence-electron chi connectivity index (χ4n) is 5.65. The van der Waals surface area contributed by atoms with Crippen molar-refractivity contribution in [2.24, 2.45) is 0 Å². The lowest BCUT2D eigenvalue weighted by Crippen LogP contribution is -2.55. The number of nitrogens with zero attached hydrogens (tertiary/aromatic N) is 3. The zero-order valence-electron chi connectivity index (χ0n) is 21.4.